The Morgan fingerprint density at radius 2 is 2.11 bits per heavy atom. The lowest BCUT2D eigenvalue weighted by molar-refractivity contribution is 0.915. The molecule has 0 saturated heterocycles. The van der Waals surface area contributed by atoms with Crippen LogP contribution in [0, 0.1) is 11.3 Å². The Morgan fingerprint density at radius 3 is 2.83 bits per heavy atom. The number of nitrogens with zero attached hydrogens (tertiary/aromatic N) is 3. The number of aromatic nitrogens is 1. The van der Waals surface area contributed by atoms with E-state index in [1.807, 2.05) is 31.3 Å². The Labute approximate surface area is 115 Å². The van der Waals surface area contributed by atoms with Crippen LogP contribution in [0.5, 0.6) is 0 Å². The van der Waals surface area contributed by atoms with Crippen molar-refractivity contribution in [2.75, 3.05) is 11.9 Å². The smallest absolute Gasteiger partial charge is 0.142 e. The van der Waals surface area contributed by atoms with Gasteiger partial charge in [-0.25, -0.2) is 4.98 Å². The predicted molar refractivity (Wildman–Crippen MR) is 75.2 cm³/mol. The summed E-state index contributed by atoms with van der Waals surface area (Å²) >= 11 is 3.53. The predicted octanol–water partition coefficient (Wildman–Crippen LogP) is 3.35. The summed E-state index contributed by atoms with van der Waals surface area (Å²) in [7, 11) is 2.00. The van der Waals surface area contributed by atoms with E-state index in [2.05, 4.69) is 37.9 Å². The van der Waals surface area contributed by atoms with E-state index in [1.54, 1.807) is 12.3 Å². The third-order valence-electron chi connectivity index (χ3n) is 2.66. The molecule has 0 fully saturated rings. The third-order valence-corrected chi connectivity index (χ3v) is 3.44. The van der Waals surface area contributed by atoms with Gasteiger partial charge < -0.3 is 4.90 Å². The van der Waals surface area contributed by atoms with Gasteiger partial charge in [-0.1, -0.05) is 34.1 Å². The molecule has 1 heterocycles. The molecule has 1 aromatic carbocycles. The summed E-state index contributed by atoms with van der Waals surface area (Å²) in [5.41, 5.74) is 2.62. The van der Waals surface area contributed by atoms with Crippen LogP contribution in [-0.2, 0) is 6.54 Å². The summed E-state index contributed by atoms with van der Waals surface area (Å²) in [6, 6.07) is 13.8. The minimum atomic E-state index is 0.437. The molecule has 0 atom stereocenters. The van der Waals surface area contributed by atoms with Gasteiger partial charge in [0.15, 0.2) is 0 Å². The zero-order chi connectivity index (χ0) is 13.0. The van der Waals surface area contributed by atoms with Crippen LogP contribution in [0.4, 0.5) is 5.69 Å². The Balaban J connectivity index is 2.20. The first-order valence-electron chi connectivity index (χ1n) is 5.51. The highest BCUT2D eigenvalue weighted by molar-refractivity contribution is 9.10. The van der Waals surface area contributed by atoms with E-state index in [-0.39, 0.29) is 0 Å². The first kappa shape index (κ1) is 12.6. The van der Waals surface area contributed by atoms with Crippen LogP contribution < -0.4 is 4.90 Å². The van der Waals surface area contributed by atoms with Gasteiger partial charge in [-0.05, 0) is 23.8 Å². The van der Waals surface area contributed by atoms with Gasteiger partial charge in [-0.15, -0.1) is 0 Å². The van der Waals surface area contributed by atoms with Gasteiger partial charge in [-0.2, -0.15) is 5.26 Å². The largest absolute Gasteiger partial charge is 0.370 e. The van der Waals surface area contributed by atoms with Crippen molar-refractivity contribution >= 4 is 21.6 Å². The van der Waals surface area contributed by atoms with E-state index < -0.39 is 0 Å². The molecule has 0 saturated carbocycles. The fraction of sp³-hybridized carbons (Fsp3) is 0.143. The van der Waals surface area contributed by atoms with Gasteiger partial charge in [0.05, 0.1) is 0 Å². The van der Waals surface area contributed by atoms with E-state index in [4.69, 9.17) is 5.26 Å². The summed E-state index contributed by atoms with van der Waals surface area (Å²) in [4.78, 5) is 6.05. The summed E-state index contributed by atoms with van der Waals surface area (Å²) in [6.07, 6.45) is 1.66. The van der Waals surface area contributed by atoms with Crippen LogP contribution in [0.25, 0.3) is 0 Å². The van der Waals surface area contributed by atoms with Crippen molar-refractivity contribution < 1.29 is 0 Å². The molecule has 0 aliphatic heterocycles. The number of nitriles is 1. The maximum Gasteiger partial charge on any atom is 0.142 e. The molecule has 0 unspecified atom stereocenters. The van der Waals surface area contributed by atoms with Crippen molar-refractivity contribution in [1.29, 1.82) is 5.26 Å². The molecule has 3 nitrogen and oxygen atoms in total. The number of benzene rings is 1. The lowest BCUT2D eigenvalue weighted by atomic mass is 10.2. The first-order valence-corrected chi connectivity index (χ1v) is 6.30. The lowest BCUT2D eigenvalue weighted by Crippen LogP contribution is -2.16. The van der Waals surface area contributed by atoms with Crippen molar-refractivity contribution in [2.24, 2.45) is 0 Å². The van der Waals surface area contributed by atoms with Crippen LogP contribution in [0.3, 0.4) is 0 Å². The quantitative estimate of drug-likeness (QED) is 0.873. The standard InChI is InChI=1S/C14H12BrN3/c1-18(10-11-4-2-3-5-14(11)15)13-6-7-17-12(8-13)9-16/h2-8H,10H2,1H3. The molecule has 0 aliphatic carbocycles. The molecule has 4 heteroatoms. The summed E-state index contributed by atoms with van der Waals surface area (Å²) in [5, 5.41) is 8.84. The van der Waals surface area contributed by atoms with Gasteiger partial charge in [0.1, 0.15) is 11.8 Å². The van der Waals surface area contributed by atoms with E-state index in [0.29, 0.717) is 5.69 Å². The Morgan fingerprint density at radius 1 is 1.33 bits per heavy atom. The first-order chi connectivity index (χ1) is 8.70. The minimum absolute atomic E-state index is 0.437. The number of anilines is 1. The van der Waals surface area contributed by atoms with Gasteiger partial charge in [-0.3, -0.25) is 0 Å². The van der Waals surface area contributed by atoms with Crippen molar-refractivity contribution in [1.82, 2.24) is 4.98 Å². The summed E-state index contributed by atoms with van der Waals surface area (Å²) in [5.74, 6) is 0. The van der Waals surface area contributed by atoms with Crippen LogP contribution in [0.1, 0.15) is 11.3 Å². The Bertz CT molecular complexity index is 590. The molecule has 0 radical (unpaired) electrons. The molecule has 0 amide bonds. The molecule has 1 aromatic heterocycles. The maximum absolute atomic E-state index is 8.84. The average Bonchev–Trinajstić information content (AvgIpc) is 2.41. The van der Waals surface area contributed by atoms with E-state index in [1.165, 1.54) is 5.56 Å². The molecule has 18 heavy (non-hydrogen) atoms. The Hall–Kier alpha value is -1.86. The summed E-state index contributed by atoms with van der Waals surface area (Å²) in [6.45, 7) is 0.774. The summed E-state index contributed by atoms with van der Waals surface area (Å²) < 4.78 is 1.09. The lowest BCUT2D eigenvalue weighted by Gasteiger charge is -2.20. The topological polar surface area (TPSA) is 39.9 Å². The van der Waals surface area contributed by atoms with Crippen molar-refractivity contribution in [3.8, 4) is 6.07 Å². The number of hydrogen-bond acceptors (Lipinski definition) is 3. The number of rotatable bonds is 3. The van der Waals surface area contributed by atoms with Crippen molar-refractivity contribution in [3.05, 3.63) is 58.3 Å². The molecule has 0 bridgehead atoms. The normalized spacial score (nSPS) is 9.83. The van der Waals surface area contributed by atoms with Gasteiger partial charge in [0.25, 0.3) is 0 Å². The zero-order valence-electron chi connectivity index (χ0n) is 9.97. The van der Waals surface area contributed by atoms with Crippen molar-refractivity contribution in [3.63, 3.8) is 0 Å². The highest BCUT2D eigenvalue weighted by Gasteiger charge is 2.05. The second kappa shape index (κ2) is 5.65. The molecule has 2 aromatic rings. The van der Waals surface area contributed by atoms with Crippen LogP contribution >= 0.6 is 15.9 Å². The minimum Gasteiger partial charge on any atom is -0.370 e. The molecule has 2 rings (SSSR count). The molecular formula is C14H12BrN3. The molecular weight excluding hydrogens is 290 g/mol. The molecule has 0 N–H and O–H groups in total. The van der Waals surface area contributed by atoms with Crippen LogP contribution in [-0.4, -0.2) is 12.0 Å². The van der Waals surface area contributed by atoms with Gasteiger partial charge in [0.2, 0.25) is 0 Å². The van der Waals surface area contributed by atoms with E-state index in [0.717, 1.165) is 16.7 Å². The average molecular weight is 302 g/mol. The van der Waals surface area contributed by atoms with Crippen LogP contribution in [0.2, 0.25) is 0 Å². The molecule has 90 valence electrons. The fourth-order valence-corrected chi connectivity index (χ4v) is 2.10. The monoisotopic (exact) mass is 301 g/mol. The van der Waals surface area contributed by atoms with Gasteiger partial charge in [0, 0.05) is 29.9 Å². The van der Waals surface area contributed by atoms with Gasteiger partial charge >= 0.3 is 0 Å². The van der Waals surface area contributed by atoms with E-state index in [9.17, 15) is 0 Å². The highest BCUT2D eigenvalue weighted by atomic mass is 79.9. The van der Waals surface area contributed by atoms with Crippen LogP contribution in [0.15, 0.2) is 47.1 Å². The number of pyridine rings is 1. The second-order valence-electron chi connectivity index (χ2n) is 3.96. The third kappa shape index (κ3) is 2.88. The zero-order valence-corrected chi connectivity index (χ0v) is 11.6. The fourth-order valence-electron chi connectivity index (χ4n) is 1.69. The maximum atomic E-state index is 8.84. The second-order valence-corrected chi connectivity index (χ2v) is 4.81. The number of halogens is 1. The van der Waals surface area contributed by atoms with E-state index >= 15 is 0 Å². The number of hydrogen-bond donors (Lipinski definition) is 0. The SMILES string of the molecule is CN(Cc1ccccc1Br)c1ccnc(C#N)c1. The molecule has 0 aliphatic rings. The molecule has 0 spiro atoms. The Kier molecular flexibility index (Phi) is 3.96. The highest BCUT2D eigenvalue weighted by Crippen LogP contribution is 2.20. The van der Waals surface area contributed by atoms with Crippen molar-refractivity contribution in [2.45, 2.75) is 6.54 Å².